The molecular weight excluding hydrogens is 379 g/mol. The number of H-pyrrole nitrogens is 1. The Morgan fingerprint density at radius 2 is 2.04 bits per heavy atom. The molecule has 2 heterocycles. The fourth-order valence-corrected chi connectivity index (χ4v) is 2.83. The molecule has 28 heavy (non-hydrogen) atoms. The lowest BCUT2D eigenvalue weighted by atomic mass is 10.1. The van der Waals surface area contributed by atoms with E-state index in [9.17, 15) is 22.8 Å². The van der Waals surface area contributed by atoms with Gasteiger partial charge in [-0.25, -0.2) is 0 Å². The monoisotopic (exact) mass is 397 g/mol. The summed E-state index contributed by atoms with van der Waals surface area (Å²) in [4.78, 5) is 25.5. The van der Waals surface area contributed by atoms with Crippen LogP contribution in [-0.4, -0.2) is 57.9 Å². The molecule has 1 aromatic heterocycles. The van der Waals surface area contributed by atoms with Crippen LogP contribution < -0.4 is 10.1 Å². The van der Waals surface area contributed by atoms with E-state index in [1.165, 1.54) is 18.3 Å². The molecule has 2 N–H and O–H groups in total. The van der Waals surface area contributed by atoms with Crippen LogP contribution in [0.3, 0.4) is 0 Å². The molecule has 0 saturated carbocycles. The fourth-order valence-electron chi connectivity index (χ4n) is 2.83. The van der Waals surface area contributed by atoms with Crippen molar-refractivity contribution in [1.29, 1.82) is 0 Å². The Bertz CT molecular complexity index is 818. The Hall–Kier alpha value is -3.11. The number of amides is 2. The highest BCUT2D eigenvalue weighted by molar-refractivity contribution is 5.94. The van der Waals surface area contributed by atoms with Crippen LogP contribution in [0.1, 0.15) is 28.9 Å². The summed E-state index contributed by atoms with van der Waals surface area (Å²) in [5.74, 6) is -0.612. The van der Waals surface area contributed by atoms with Crippen LogP contribution in [0.15, 0.2) is 30.5 Å². The van der Waals surface area contributed by atoms with Crippen LogP contribution in [0.25, 0.3) is 0 Å². The maximum atomic E-state index is 12.8. The highest BCUT2D eigenvalue weighted by atomic mass is 19.4. The van der Waals surface area contributed by atoms with Crippen molar-refractivity contribution in [3.05, 3.63) is 41.7 Å². The van der Waals surface area contributed by atoms with Crippen LogP contribution in [0.2, 0.25) is 0 Å². The Balaban J connectivity index is 1.45. The van der Waals surface area contributed by atoms with Gasteiger partial charge in [-0.1, -0.05) is 6.07 Å². The molecule has 2 aromatic rings. The third-order valence-corrected chi connectivity index (χ3v) is 4.31. The van der Waals surface area contributed by atoms with E-state index in [2.05, 4.69) is 20.7 Å². The number of ether oxygens (including phenoxy) is 1. The zero-order valence-corrected chi connectivity index (χ0v) is 14.7. The number of hydrogen-bond acceptors (Lipinski definition) is 5. The first-order valence-electron chi connectivity index (χ1n) is 8.58. The number of carbonyl (C=O) groups is 2. The van der Waals surface area contributed by atoms with E-state index < -0.39 is 17.6 Å². The summed E-state index contributed by atoms with van der Waals surface area (Å²) in [5.41, 5.74) is -0.679. The summed E-state index contributed by atoms with van der Waals surface area (Å²) in [7, 11) is 0. The maximum Gasteiger partial charge on any atom is 0.416 e. The number of nitrogens with zero attached hydrogens (tertiary/aromatic N) is 3. The van der Waals surface area contributed by atoms with Crippen molar-refractivity contribution < 1.29 is 27.5 Å². The smallest absolute Gasteiger partial charge is 0.416 e. The Kier molecular flexibility index (Phi) is 5.81. The minimum Gasteiger partial charge on any atom is -0.490 e. The molecule has 150 valence electrons. The quantitative estimate of drug-likeness (QED) is 0.799. The van der Waals surface area contributed by atoms with Crippen LogP contribution in [0, 0.1) is 0 Å². The van der Waals surface area contributed by atoms with E-state index in [1.807, 2.05) is 0 Å². The van der Waals surface area contributed by atoms with Gasteiger partial charge in [0.15, 0.2) is 5.69 Å². The van der Waals surface area contributed by atoms with E-state index in [0.29, 0.717) is 25.9 Å². The average Bonchev–Trinajstić information content (AvgIpc) is 3.21. The summed E-state index contributed by atoms with van der Waals surface area (Å²) in [6, 6.07) is 4.74. The number of carbonyl (C=O) groups excluding carboxylic acids is 2. The molecule has 11 heteroatoms. The number of hydrogen-bond donors (Lipinski definition) is 2. The number of likely N-dealkylation sites (tertiary alicyclic amines) is 1. The number of aromatic amines is 1. The van der Waals surface area contributed by atoms with Crippen LogP contribution in [-0.2, 0) is 11.0 Å². The zero-order chi connectivity index (χ0) is 20.1. The lowest BCUT2D eigenvalue weighted by molar-refractivity contribution is -0.138. The molecule has 0 aliphatic carbocycles. The van der Waals surface area contributed by atoms with Gasteiger partial charge in [-0.15, -0.1) is 0 Å². The van der Waals surface area contributed by atoms with Gasteiger partial charge >= 0.3 is 6.18 Å². The van der Waals surface area contributed by atoms with Gasteiger partial charge in [-0.05, 0) is 18.2 Å². The Labute approximate surface area is 158 Å². The van der Waals surface area contributed by atoms with Gasteiger partial charge in [0.1, 0.15) is 11.9 Å². The van der Waals surface area contributed by atoms with E-state index in [1.54, 1.807) is 4.90 Å². The summed E-state index contributed by atoms with van der Waals surface area (Å²) >= 11 is 0. The third kappa shape index (κ3) is 4.99. The predicted molar refractivity (Wildman–Crippen MR) is 90.4 cm³/mol. The number of piperidine rings is 1. The van der Waals surface area contributed by atoms with Gasteiger partial charge in [-0.2, -0.15) is 28.6 Å². The Morgan fingerprint density at radius 1 is 1.29 bits per heavy atom. The fraction of sp³-hybridized carbons (Fsp3) is 0.412. The topological polar surface area (TPSA) is 100 Å². The first-order chi connectivity index (χ1) is 13.3. The molecule has 0 bridgehead atoms. The standard InChI is InChI=1S/C17H18F3N5O3/c18-17(19,20)11-2-1-3-13(8-11)28-12-4-6-25(7-5-12)15(26)10-21-16(27)14-9-22-24-23-14/h1-3,8-9,12H,4-7,10H2,(H,21,27)(H,22,23,24). The van der Waals surface area contributed by atoms with Crippen molar-refractivity contribution >= 4 is 11.8 Å². The van der Waals surface area contributed by atoms with E-state index in [0.717, 1.165) is 12.1 Å². The second-order valence-corrected chi connectivity index (χ2v) is 6.26. The molecule has 8 nitrogen and oxygen atoms in total. The number of nitrogens with one attached hydrogen (secondary N) is 2. The highest BCUT2D eigenvalue weighted by Crippen LogP contribution is 2.32. The normalized spacial score (nSPS) is 15.3. The highest BCUT2D eigenvalue weighted by Gasteiger charge is 2.31. The lowest BCUT2D eigenvalue weighted by Gasteiger charge is -2.32. The molecule has 1 aromatic carbocycles. The summed E-state index contributed by atoms with van der Waals surface area (Å²) in [6.45, 7) is 0.607. The lowest BCUT2D eigenvalue weighted by Crippen LogP contribution is -2.46. The van der Waals surface area contributed by atoms with Crippen molar-refractivity contribution in [3.8, 4) is 5.75 Å². The SMILES string of the molecule is O=C(NCC(=O)N1CCC(Oc2cccc(C(F)(F)F)c2)CC1)c1cn[nH]n1. The van der Waals surface area contributed by atoms with Crippen LogP contribution in [0.5, 0.6) is 5.75 Å². The summed E-state index contributed by atoms with van der Waals surface area (Å²) in [5, 5.41) is 11.9. The van der Waals surface area contributed by atoms with E-state index in [-0.39, 0.29) is 30.0 Å². The third-order valence-electron chi connectivity index (χ3n) is 4.31. The molecule has 1 fully saturated rings. The molecular formula is C17H18F3N5O3. The largest absolute Gasteiger partial charge is 0.490 e. The van der Waals surface area contributed by atoms with Gasteiger partial charge < -0.3 is 15.0 Å². The number of halogens is 3. The van der Waals surface area contributed by atoms with Gasteiger partial charge in [0.05, 0.1) is 18.3 Å². The first-order valence-corrected chi connectivity index (χ1v) is 8.58. The molecule has 0 atom stereocenters. The van der Waals surface area contributed by atoms with Crippen molar-refractivity contribution in [2.24, 2.45) is 0 Å². The molecule has 1 aliphatic heterocycles. The molecule has 1 aliphatic rings. The second-order valence-electron chi connectivity index (χ2n) is 6.26. The number of rotatable bonds is 5. The number of benzene rings is 1. The van der Waals surface area contributed by atoms with Crippen LogP contribution >= 0.6 is 0 Å². The number of aromatic nitrogens is 3. The number of alkyl halides is 3. The molecule has 1 saturated heterocycles. The predicted octanol–water partition coefficient (Wildman–Crippen LogP) is 1.62. The second kappa shape index (κ2) is 8.28. The summed E-state index contributed by atoms with van der Waals surface area (Å²) < 4.78 is 43.9. The Morgan fingerprint density at radius 3 is 2.68 bits per heavy atom. The molecule has 0 radical (unpaired) electrons. The van der Waals surface area contributed by atoms with Gasteiger partial charge in [-0.3, -0.25) is 9.59 Å². The molecule has 2 amide bonds. The van der Waals surface area contributed by atoms with Crippen molar-refractivity contribution in [1.82, 2.24) is 25.6 Å². The molecule has 3 rings (SSSR count). The van der Waals surface area contributed by atoms with Crippen molar-refractivity contribution in [3.63, 3.8) is 0 Å². The van der Waals surface area contributed by atoms with E-state index >= 15 is 0 Å². The average molecular weight is 397 g/mol. The van der Waals surface area contributed by atoms with Gasteiger partial charge in [0.25, 0.3) is 5.91 Å². The van der Waals surface area contributed by atoms with Crippen LogP contribution in [0.4, 0.5) is 13.2 Å². The van der Waals surface area contributed by atoms with E-state index in [4.69, 9.17) is 4.74 Å². The zero-order valence-electron chi connectivity index (χ0n) is 14.7. The maximum absolute atomic E-state index is 12.8. The van der Waals surface area contributed by atoms with Crippen molar-refractivity contribution in [2.75, 3.05) is 19.6 Å². The molecule has 0 unspecified atom stereocenters. The first kappa shape index (κ1) is 19.6. The summed E-state index contributed by atoms with van der Waals surface area (Å²) in [6.07, 6.45) is -2.49. The van der Waals surface area contributed by atoms with Gasteiger partial charge in [0.2, 0.25) is 5.91 Å². The minimum absolute atomic E-state index is 0.0843. The molecule has 0 spiro atoms. The van der Waals surface area contributed by atoms with Gasteiger partial charge in [0, 0.05) is 25.9 Å². The van der Waals surface area contributed by atoms with Crippen molar-refractivity contribution in [2.45, 2.75) is 25.1 Å². The minimum atomic E-state index is -4.43.